The molecule has 0 aliphatic carbocycles. The summed E-state index contributed by atoms with van der Waals surface area (Å²) in [5, 5.41) is 15.3. The molecule has 1 aliphatic rings. The molecule has 2 aromatic rings. The fourth-order valence-electron chi connectivity index (χ4n) is 3.59. The molecule has 0 radical (unpaired) electrons. The van der Waals surface area contributed by atoms with Gasteiger partial charge in [0.05, 0.1) is 24.2 Å². The fourth-order valence-corrected chi connectivity index (χ4v) is 3.85. The Hall–Kier alpha value is -3.46. The van der Waals surface area contributed by atoms with Crippen molar-refractivity contribution >= 4 is 28.8 Å². The number of benzene rings is 2. The summed E-state index contributed by atoms with van der Waals surface area (Å²) in [6, 6.07) is 11.0. The quantitative estimate of drug-likeness (QED) is 0.271. The van der Waals surface area contributed by atoms with E-state index in [1.807, 2.05) is 13.0 Å². The predicted molar refractivity (Wildman–Crippen MR) is 125 cm³/mol. The Morgan fingerprint density at radius 3 is 2.38 bits per heavy atom. The lowest BCUT2D eigenvalue weighted by Gasteiger charge is -2.36. The van der Waals surface area contributed by atoms with Gasteiger partial charge >= 0.3 is 5.69 Å². The molecule has 1 atom stereocenters. The minimum absolute atomic E-state index is 0.108. The zero-order chi connectivity index (χ0) is 23.4. The molecule has 1 heterocycles. The van der Waals surface area contributed by atoms with Gasteiger partial charge < -0.3 is 19.7 Å². The van der Waals surface area contributed by atoms with E-state index >= 15 is 0 Å². The highest BCUT2D eigenvalue weighted by Gasteiger charge is 2.36. The molecule has 8 nitrogen and oxygen atoms in total. The first-order chi connectivity index (χ1) is 15.3. The first-order valence-corrected chi connectivity index (χ1v) is 10.6. The number of carbonyl (C=O) groups is 1. The average molecular weight is 456 g/mol. The van der Waals surface area contributed by atoms with Crippen molar-refractivity contribution in [2.45, 2.75) is 26.8 Å². The molecular weight excluding hydrogens is 430 g/mol. The van der Waals surface area contributed by atoms with Crippen LogP contribution in [-0.4, -0.2) is 41.0 Å². The van der Waals surface area contributed by atoms with Crippen LogP contribution in [0.4, 0.5) is 5.69 Å². The molecule has 0 bridgehead atoms. The first-order valence-electron chi connectivity index (χ1n) is 10.2. The van der Waals surface area contributed by atoms with Crippen molar-refractivity contribution in [1.82, 2.24) is 10.2 Å². The number of nitrogens with zero attached hydrogens (tertiary/aromatic N) is 2. The molecule has 32 heavy (non-hydrogen) atoms. The lowest BCUT2D eigenvalue weighted by Crippen LogP contribution is -2.46. The van der Waals surface area contributed by atoms with E-state index < -0.39 is 11.0 Å². The maximum Gasteiger partial charge on any atom is 0.311 e. The molecule has 1 aliphatic heterocycles. The molecule has 0 saturated carbocycles. The van der Waals surface area contributed by atoms with Gasteiger partial charge in [0.25, 0.3) is 0 Å². The van der Waals surface area contributed by atoms with E-state index in [4.69, 9.17) is 21.7 Å². The third-order valence-corrected chi connectivity index (χ3v) is 5.63. The SMILES string of the molecule is CCOc1cc(OCC)c([N+](=O)[O-])cc1C1NC(=S)N(C)C(C)=C1C(=O)c1ccccc1. The van der Waals surface area contributed by atoms with Crippen molar-refractivity contribution in [1.29, 1.82) is 0 Å². The Morgan fingerprint density at radius 1 is 1.16 bits per heavy atom. The minimum Gasteiger partial charge on any atom is -0.493 e. The summed E-state index contributed by atoms with van der Waals surface area (Å²) < 4.78 is 11.3. The molecule has 0 fully saturated rings. The highest BCUT2D eigenvalue weighted by Crippen LogP contribution is 2.42. The number of carbonyl (C=O) groups excluding carboxylic acids is 1. The Labute approximate surface area is 192 Å². The second-order valence-corrected chi connectivity index (χ2v) is 7.50. The molecule has 2 aromatic carbocycles. The maximum atomic E-state index is 13.5. The summed E-state index contributed by atoms with van der Waals surface area (Å²) in [6.45, 7) is 5.96. The standard InChI is InChI=1S/C23H25N3O5S/c1-5-30-18-13-19(31-6-2)17(26(28)29)12-16(18)21-20(14(3)25(4)23(32)24-21)22(27)15-10-8-7-9-11-15/h7-13,21H,5-6H2,1-4H3,(H,24,32). The zero-order valence-corrected chi connectivity index (χ0v) is 19.2. The van der Waals surface area contributed by atoms with Crippen molar-refractivity contribution < 1.29 is 19.2 Å². The highest BCUT2D eigenvalue weighted by atomic mass is 32.1. The second-order valence-electron chi connectivity index (χ2n) is 7.12. The molecule has 1 unspecified atom stereocenters. The Morgan fingerprint density at radius 2 is 1.78 bits per heavy atom. The van der Waals surface area contributed by atoms with Gasteiger partial charge in [-0.15, -0.1) is 0 Å². The Balaban J connectivity index is 2.24. The van der Waals surface area contributed by atoms with Crippen LogP contribution < -0.4 is 14.8 Å². The van der Waals surface area contributed by atoms with Crippen LogP contribution in [-0.2, 0) is 0 Å². The normalized spacial score (nSPS) is 15.9. The second kappa shape index (κ2) is 9.78. The van der Waals surface area contributed by atoms with Crippen LogP contribution in [0.1, 0.15) is 42.7 Å². The van der Waals surface area contributed by atoms with Crippen LogP contribution in [0.25, 0.3) is 0 Å². The van der Waals surface area contributed by atoms with Crippen LogP contribution in [0.2, 0.25) is 0 Å². The number of Topliss-reactive ketones (excluding diaryl/α,β-unsaturated/α-hetero) is 1. The van der Waals surface area contributed by atoms with Crippen molar-refractivity contribution in [2.75, 3.05) is 20.3 Å². The number of hydrogen-bond acceptors (Lipinski definition) is 6. The Bertz CT molecular complexity index is 1080. The molecule has 0 spiro atoms. The number of nitrogens with one attached hydrogen (secondary N) is 1. The number of allylic oxidation sites excluding steroid dienone is 1. The fraction of sp³-hybridized carbons (Fsp3) is 0.304. The summed E-state index contributed by atoms with van der Waals surface area (Å²) in [4.78, 5) is 26.5. The van der Waals surface area contributed by atoms with Crippen molar-refractivity contribution in [3.63, 3.8) is 0 Å². The van der Waals surface area contributed by atoms with Crippen LogP contribution >= 0.6 is 12.2 Å². The van der Waals surface area contributed by atoms with Crippen LogP contribution in [0.5, 0.6) is 11.5 Å². The highest BCUT2D eigenvalue weighted by molar-refractivity contribution is 7.80. The lowest BCUT2D eigenvalue weighted by atomic mass is 9.88. The van der Waals surface area contributed by atoms with E-state index in [0.717, 1.165) is 0 Å². The van der Waals surface area contributed by atoms with Crippen molar-refractivity contribution in [2.24, 2.45) is 0 Å². The van der Waals surface area contributed by atoms with Gasteiger partial charge in [0.1, 0.15) is 5.75 Å². The van der Waals surface area contributed by atoms with E-state index in [1.54, 1.807) is 50.1 Å². The van der Waals surface area contributed by atoms with Gasteiger partial charge in [-0.3, -0.25) is 14.9 Å². The molecule has 168 valence electrons. The molecule has 1 N–H and O–H groups in total. The van der Waals surface area contributed by atoms with Crippen molar-refractivity contribution in [3.05, 3.63) is 75.0 Å². The summed E-state index contributed by atoms with van der Waals surface area (Å²) in [5.41, 5.74) is 1.84. The zero-order valence-electron chi connectivity index (χ0n) is 18.4. The number of rotatable bonds is 8. The number of ketones is 1. The summed E-state index contributed by atoms with van der Waals surface area (Å²) in [6.07, 6.45) is 0. The van der Waals surface area contributed by atoms with Gasteiger partial charge in [0.2, 0.25) is 5.75 Å². The van der Waals surface area contributed by atoms with E-state index in [0.29, 0.717) is 39.9 Å². The van der Waals surface area contributed by atoms with Crippen LogP contribution in [0.15, 0.2) is 53.7 Å². The summed E-state index contributed by atoms with van der Waals surface area (Å²) >= 11 is 5.47. The molecule has 3 rings (SSSR count). The van der Waals surface area contributed by atoms with Gasteiger partial charge in [-0.1, -0.05) is 30.3 Å². The number of thiocarbonyl (C=S) groups is 1. The minimum atomic E-state index is -0.734. The number of ether oxygens (including phenoxy) is 2. The number of hydrogen-bond donors (Lipinski definition) is 1. The smallest absolute Gasteiger partial charge is 0.311 e. The van der Waals surface area contributed by atoms with E-state index in [9.17, 15) is 14.9 Å². The summed E-state index contributed by atoms with van der Waals surface area (Å²) in [5.74, 6) is 0.295. The molecule has 0 amide bonds. The van der Waals surface area contributed by atoms with Gasteiger partial charge in [0, 0.05) is 41.6 Å². The molecule has 9 heteroatoms. The number of nitro groups is 1. The largest absolute Gasteiger partial charge is 0.493 e. The Kier molecular flexibility index (Phi) is 7.09. The van der Waals surface area contributed by atoms with Gasteiger partial charge in [0.15, 0.2) is 10.9 Å². The van der Waals surface area contributed by atoms with Gasteiger partial charge in [-0.2, -0.15) is 0 Å². The lowest BCUT2D eigenvalue weighted by molar-refractivity contribution is -0.385. The van der Waals surface area contributed by atoms with E-state index in [2.05, 4.69) is 5.32 Å². The molecular formula is C23H25N3O5S. The first kappa shape index (κ1) is 23.2. The third-order valence-electron chi connectivity index (χ3n) is 5.23. The average Bonchev–Trinajstić information content (AvgIpc) is 2.78. The predicted octanol–water partition coefficient (Wildman–Crippen LogP) is 4.41. The van der Waals surface area contributed by atoms with E-state index in [-0.39, 0.29) is 23.8 Å². The molecule has 0 saturated heterocycles. The van der Waals surface area contributed by atoms with Crippen LogP contribution in [0.3, 0.4) is 0 Å². The third kappa shape index (κ3) is 4.43. The topological polar surface area (TPSA) is 93.9 Å². The van der Waals surface area contributed by atoms with Crippen molar-refractivity contribution in [3.8, 4) is 11.5 Å². The monoisotopic (exact) mass is 455 g/mol. The summed E-state index contributed by atoms with van der Waals surface area (Å²) in [7, 11) is 1.77. The maximum absolute atomic E-state index is 13.5. The van der Waals surface area contributed by atoms with Gasteiger partial charge in [-0.25, -0.2) is 0 Å². The molecule has 0 aromatic heterocycles. The van der Waals surface area contributed by atoms with Crippen LogP contribution in [0, 0.1) is 10.1 Å². The number of nitro benzene ring substituents is 1. The van der Waals surface area contributed by atoms with E-state index in [1.165, 1.54) is 12.1 Å². The van der Waals surface area contributed by atoms with Gasteiger partial charge in [-0.05, 0) is 33.0 Å².